The van der Waals surface area contributed by atoms with E-state index in [9.17, 15) is 19.5 Å². The number of benzene rings is 2. The third kappa shape index (κ3) is 4.45. The first-order valence-electron chi connectivity index (χ1n) is 11.3. The number of carbonyl (C=O) groups excluding carboxylic acids is 2. The van der Waals surface area contributed by atoms with Crippen LogP contribution in [0.25, 0.3) is 11.1 Å². The molecular weight excluding hydrogens is 420 g/mol. The molecule has 7 nitrogen and oxygen atoms in total. The predicted octanol–water partition coefficient (Wildman–Crippen LogP) is 4.02. The smallest absolute Gasteiger partial charge is 0.407 e. The number of nitrogens with zero attached hydrogens (tertiary/aromatic N) is 1. The lowest BCUT2D eigenvalue weighted by molar-refractivity contribution is -0.150. The Labute approximate surface area is 193 Å². The molecule has 2 N–H and O–H groups in total. The molecule has 2 amide bonds. The van der Waals surface area contributed by atoms with E-state index in [0.29, 0.717) is 19.4 Å². The maximum absolute atomic E-state index is 13.2. The minimum absolute atomic E-state index is 0.0816. The molecule has 2 aromatic rings. The van der Waals surface area contributed by atoms with Crippen LogP contribution in [0.4, 0.5) is 4.79 Å². The summed E-state index contributed by atoms with van der Waals surface area (Å²) in [4.78, 5) is 38.9. The molecule has 1 aliphatic heterocycles. The van der Waals surface area contributed by atoms with Crippen molar-refractivity contribution < 1.29 is 24.2 Å². The van der Waals surface area contributed by atoms with E-state index in [1.807, 2.05) is 57.2 Å². The number of amides is 2. The van der Waals surface area contributed by atoms with Crippen LogP contribution in [-0.4, -0.2) is 53.2 Å². The minimum atomic E-state index is -1.02. The van der Waals surface area contributed by atoms with Crippen molar-refractivity contribution in [3.63, 3.8) is 0 Å². The average molecular weight is 451 g/mol. The first-order valence-corrected chi connectivity index (χ1v) is 11.3. The van der Waals surface area contributed by atoms with Gasteiger partial charge in [0.1, 0.15) is 18.7 Å². The summed E-state index contributed by atoms with van der Waals surface area (Å²) in [5, 5.41) is 12.2. The molecule has 1 fully saturated rings. The van der Waals surface area contributed by atoms with Crippen molar-refractivity contribution >= 4 is 18.0 Å². The molecule has 4 rings (SSSR count). The Bertz CT molecular complexity index is 1030. The zero-order chi connectivity index (χ0) is 23.8. The highest BCUT2D eigenvalue weighted by atomic mass is 16.5. The van der Waals surface area contributed by atoms with Crippen molar-refractivity contribution in [2.45, 2.75) is 51.6 Å². The molecule has 1 saturated heterocycles. The normalized spacial score (nSPS) is 18.4. The highest BCUT2D eigenvalue weighted by Gasteiger charge is 2.42. The summed E-state index contributed by atoms with van der Waals surface area (Å²) >= 11 is 0. The first kappa shape index (κ1) is 22.8. The summed E-state index contributed by atoms with van der Waals surface area (Å²) in [5.74, 6) is -1.49. The Morgan fingerprint density at radius 2 is 1.64 bits per heavy atom. The number of likely N-dealkylation sites (tertiary alicyclic amines) is 1. The number of carboxylic acids is 1. The van der Waals surface area contributed by atoms with E-state index < -0.39 is 29.6 Å². The van der Waals surface area contributed by atoms with Crippen LogP contribution in [0.1, 0.15) is 50.7 Å². The van der Waals surface area contributed by atoms with Crippen molar-refractivity contribution in [2.24, 2.45) is 5.41 Å². The fraction of sp³-hybridized carbons (Fsp3) is 0.423. The van der Waals surface area contributed by atoms with Crippen LogP contribution in [0.5, 0.6) is 0 Å². The molecule has 0 bridgehead atoms. The fourth-order valence-electron chi connectivity index (χ4n) is 4.86. The van der Waals surface area contributed by atoms with E-state index in [-0.39, 0.29) is 18.4 Å². The van der Waals surface area contributed by atoms with Gasteiger partial charge in [-0.1, -0.05) is 69.3 Å². The third-order valence-corrected chi connectivity index (χ3v) is 6.54. The second kappa shape index (κ2) is 8.89. The van der Waals surface area contributed by atoms with Gasteiger partial charge < -0.3 is 20.1 Å². The average Bonchev–Trinajstić information content (AvgIpc) is 3.38. The molecule has 0 aromatic heterocycles. The minimum Gasteiger partial charge on any atom is -0.480 e. The van der Waals surface area contributed by atoms with Crippen LogP contribution in [0.3, 0.4) is 0 Å². The first-order chi connectivity index (χ1) is 15.7. The molecule has 2 aliphatic rings. The molecular formula is C26H30N2O5. The second-order valence-corrected chi connectivity index (χ2v) is 9.80. The molecule has 1 aliphatic carbocycles. The molecule has 1 unspecified atom stereocenters. The number of rotatable bonds is 5. The molecule has 2 aromatic carbocycles. The largest absolute Gasteiger partial charge is 0.480 e. The molecule has 1 heterocycles. The topological polar surface area (TPSA) is 95.9 Å². The van der Waals surface area contributed by atoms with Crippen molar-refractivity contribution in [2.75, 3.05) is 13.2 Å². The van der Waals surface area contributed by atoms with Gasteiger partial charge in [0.2, 0.25) is 5.91 Å². The maximum Gasteiger partial charge on any atom is 0.407 e. The highest BCUT2D eigenvalue weighted by molar-refractivity contribution is 5.90. The van der Waals surface area contributed by atoms with E-state index in [1.54, 1.807) is 0 Å². The van der Waals surface area contributed by atoms with Gasteiger partial charge in [0.05, 0.1) is 0 Å². The van der Waals surface area contributed by atoms with E-state index in [0.717, 1.165) is 22.3 Å². The SMILES string of the molecule is CC(C)(C)C(NC(=O)OCC1c2ccccc2-c2ccccc21)C(=O)N1CCC[C@@H]1C(=O)O. The van der Waals surface area contributed by atoms with E-state index in [4.69, 9.17) is 4.74 Å². The maximum atomic E-state index is 13.2. The molecule has 174 valence electrons. The number of carbonyl (C=O) groups is 3. The summed E-state index contributed by atoms with van der Waals surface area (Å²) in [6, 6.07) is 14.4. The quantitative estimate of drug-likeness (QED) is 0.717. The van der Waals surface area contributed by atoms with Gasteiger partial charge in [0.15, 0.2) is 0 Å². The van der Waals surface area contributed by atoms with Crippen LogP contribution in [0, 0.1) is 5.41 Å². The van der Waals surface area contributed by atoms with Crippen LogP contribution < -0.4 is 5.32 Å². The molecule has 2 atom stereocenters. The van der Waals surface area contributed by atoms with Crippen LogP contribution in [-0.2, 0) is 14.3 Å². The summed E-state index contributed by atoms with van der Waals surface area (Å²) in [6.07, 6.45) is 0.365. The lowest BCUT2D eigenvalue weighted by atomic mass is 9.85. The molecule has 33 heavy (non-hydrogen) atoms. The van der Waals surface area contributed by atoms with E-state index in [1.165, 1.54) is 4.90 Å². The molecule has 0 saturated carbocycles. The van der Waals surface area contributed by atoms with Crippen LogP contribution in [0.2, 0.25) is 0 Å². The number of alkyl carbamates (subject to hydrolysis) is 1. The number of hydrogen-bond acceptors (Lipinski definition) is 4. The Morgan fingerprint density at radius 3 is 2.18 bits per heavy atom. The highest BCUT2D eigenvalue weighted by Crippen LogP contribution is 2.44. The number of hydrogen-bond donors (Lipinski definition) is 2. The summed E-state index contributed by atoms with van der Waals surface area (Å²) in [7, 11) is 0. The standard InChI is InChI=1S/C26H30N2O5/c1-26(2,3)22(23(29)28-14-8-13-21(28)24(30)31)27-25(32)33-15-20-18-11-6-4-9-16(18)17-10-5-7-12-19(17)20/h4-7,9-12,20-22H,8,13-15H2,1-3H3,(H,27,32)(H,30,31)/t21-,22?/m1/s1. The fourth-order valence-corrected chi connectivity index (χ4v) is 4.86. The summed E-state index contributed by atoms with van der Waals surface area (Å²) < 4.78 is 5.62. The van der Waals surface area contributed by atoms with Crippen molar-refractivity contribution in [3.05, 3.63) is 59.7 Å². The van der Waals surface area contributed by atoms with Crippen molar-refractivity contribution in [3.8, 4) is 11.1 Å². The molecule has 0 spiro atoms. The third-order valence-electron chi connectivity index (χ3n) is 6.54. The monoisotopic (exact) mass is 450 g/mol. The van der Waals surface area contributed by atoms with Gasteiger partial charge in [-0.15, -0.1) is 0 Å². The number of ether oxygens (including phenoxy) is 1. The summed E-state index contributed by atoms with van der Waals surface area (Å²) in [6.45, 7) is 6.03. The van der Waals surface area contributed by atoms with Crippen LogP contribution >= 0.6 is 0 Å². The van der Waals surface area contributed by atoms with Crippen LogP contribution in [0.15, 0.2) is 48.5 Å². The number of nitrogens with one attached hydrogen (secondary N) is 1. The predicted molar refractivity (Wildman–Crippen MR) is 124 cm³/mol. The van der Waals surface area contributed by atoms with Gasteiger partial charge in [-0.2, -0.15) is 0 Å². The zero-order valence-electron chi connectivity index (χ0n) is 19.2. The molecule has 7 heteroatoms. The lowest BCUT2D eigenvalue weighted by Crippen LogP contribution is -2.56. The number of carboxylic acid groups (broad SMARTS) is 1. The van der Waals surface area contributed by atoms with Gasteiger partial charge >= 0.3 is 12.1 Å². The Balaban J connectivity index is 1.47. The van der Waals surface area contributed by atoms with E-state index in [2.05, 4.69) is 17.4 Å². The Kier molecular flexibility index (Phi) is 6.15. The van der Waals surface area contributed by atoms with Gasteiger partial charge in [-0.25, -0.2) is 9.59 Å². The van der Waals surface area contributed by atoms with Crippen molar-refractivity contribution in [1.29, 1.82) is 0 Å². The molecule has 0 radical (unpaired) electrons. The number of aliphatic carboxylic acids is 1. The number of fused-ring (bicyclic) bond motifs is 3. The van der Waals surface area contributed by atoms with Crippen molar-refractivity contribution in [1.82, 2.24) is 10.2 Å². The van der Waals surface area contributed by atoms with Gasteiger partial charge in [0.25, 0.3) is 0 Å². The lowest BCUT2D eigenvalue weighted by Gasteiger charge is -2.34. The van der Waals surface area contributed by atoms with Gasteiger partial charge in [-0.05, 0) is 40.5 Å². The second-order valence-electron chi connectivity index (χ2n) is 9.80. The van der Waals surface area contributed by atoms with E-state index >= 15 is 0 Å². The Morgan fingerprint density at radius 1 is 1.06 bits per heavy atom. The zero-order valence-corrected chi connectivity index (χ0v) is 19.2. The summed E-state index contributed by atoms with van der Waals surface area (Å²) in [5.41, 5.74) is 3.87. The van der Waals surface area contributed by atoms with Gasteiger partial charge in [-0.3, -0.25) is 4.79 Å². The van der Waals surface area contributed by atoms with Gasteiger partial charge in [0, 0.05) is 12.5 Å². The Hall–Kier alpha value is -3.35.